The number of benzene rings is 4. The number of aryl methyl sites for hydroxylation is 1. The SMILES string of the molecule is O=C([O-])C(CCc1ccc2ccccc2c1)Cc1ccc2ccccc2c1.[Na+]. The molecule has 134 valence electrons. The monoisotopic (exact) mass is 376 g/mol. The van der Waals surface area contributed by atoms with Crippen LogP contribution in [0.3, 0.4) is 0 Å². The molecule has 28 heavy (non-hydrogen) atoms. The number of carbonyl (C=O) groups is 1. The third-order valence-electron chi connectivity index (χ3n) is 5.22. The minimum Gasteiger partial charge on any atom is -0.550 e. The Morgan fingerprint density at radius 2 is 1.21 bits per heavy atom. The van der Waals surface area contributed by atoms with Crippen LogP contribution in [-0.4, -0.2) is 5.97 Å². The molecule has 2 nitrogen and oxygen atoms in total. The second-order valence-electron chi connectivity index (χ2n) is 7.12. The fourth-order valence-electron chi connectivity index (χ4n) is 3.69. The van der Waals surface area contributed by atoms with Gasteiger partial charge in [0.25, 0.3) is 0 Å². The Kier molecular flexibility index (Phi) is 6.90. The molecule has 0 aliphatic carbocycles. The van der Waals surface area contributed by atoms with Crippen molar-refractivity contribution >= 4 is 27.5 Å². The quantitative estimate of drug-likeness (QED) is 0.479. The minimum atomic E-state index is -0.969. The van der Waals surface area contributed by atoms with E-state index in [-0.39, 0.29) is 29.6 Å². The summed E-state index contributed by atoms with van der Waals surface area (Å²) < 4.78 is 0. The van der Waals surface area contributed by atoms with Crippen LogP contribution in [0.1, 0.15) is 17.5 Å². The van der Waals surface area contributed by atoms with Crippen molar-refractivity contribution in [3.8, 4) is 0 Å². The van der Waals surface area contributed by atoms with E-state index in [4.69, 9.17) is 0 Å². The molecule has 0 saturated heterocycles. The summed E-state index contributed by atoms with van der Waals surface area (Å²) in [4.78, 5) is 11.7. The summed E-state index contributed by atoms with van der Waals surface area (Å²) >= 11 is 0. The van der Waals surface area contributed by atoms with E-state index in [2.05, 4.69) is 54.6 Å². The van der Waals surface area contributed by atoms with Gasteiger partial charge in [0, 0.05) is 11.9 Å². The molecule has 0 bridgehead atoms. The Labute approximate surface area is 187 Å². The maximum Gasteiger partial charge on any atom is 1.00 e. The smallest absolute Gasteiger partial charge is 0.550 e. The van der Waals surface area contributed by atoms with Crippen LogP contribution in [-0.2, 0) is 17.6 Å². The van der Waals surface area contributed by atoms with Gasteiger partial charge in [-0.1, -0.05) is 84.9 Å². The number of carbonyl (C=O) groups excluding carboxylic acids is 1. The van der Waals surface area contributed by atoms with E-state index in [1.165, 1.54) is 21.7 Å². The van der Waals surface area contributed by atoms with Crippen molar-refractivity contribution in [1.29, 1.82) is 0 Å². The van der Waals surface area contributed by atoms with Crippen LogP contribution >= 0.6 is 0 Å². The van der Waals surface area contributed by atoms with Crippen LogP contribution in [0.25, 0.3) is 21.5 Å². The van der Waals surface area contributed by atoms with Gasteiger partial charge < -0.3 is 9.90 Å². The van der Waals surface area contributed by atoms with Crippen LogP contribution in [0.15, 0.2) is 84.9 Å². The number of carboxylic acid groups (broad SMARTS) is 1. The van der Waals surface area contributed by atoms with Crippen molar-refractivity contribution in [2.45, 2.75) is 19.3 Å². The molecule has 0 aliphatic rings. The standard InChI is InChI=1S/C25H22O2.Na/c26-25(27)24(17-19-11-13-21-6-2-4-8-23(21)16-19)14-10-18-9-12-20-5-1-3-7-22(20)15-18;/h1-9,11-13,15-16,24H,10,14,17H2,(H,26,27);/q;+1/p-1. The number of carboxylic acids is 1. The third kappa shape index (κ3) is 4.82. The third-order valence-corrected chi connectivity index (χ3v) is 5.22. The molecule has 4 aromatic rings. The van der Waals surface area contributed by atoms with Crippen LogP contribution in [0.2, 0.25) is 0 Å². The Morgan fingerprint density at radius 3 is 1.79 bits per heavy atom. The Hall–Kier alpha value is -2.13. The second kappa shape index (κ2) is 9.38. The average molecular weight is 376 g/mol. The minimum absolute atomic E-state index is 0. The Balaban J connectivity index is 0.00000225. The summed E-state index contributed by atoms with van der Waals surface area (Å²) in [5.41, 5.74) is 2.21. The molecular weight excluding hydrogens is 355 g/mol. The summed E-state index contributed by atoms with van der Waals surface area (Å²) in [7, 11) is 0. The van der Waals surface area contributed by atoms with Gasteiger partial charge in [-0.15, -0.1) is 0 Å². The number of aliphatic carboxylic acids is 1. The first-order valence-electron chi connectivity index (χ1n) is 9.35. The van der Waals surface area contributed by atoms with E-state index in [1.807, 2.05) is 30.3 Å². The summed E-state index contributed by atoms with van der Waals surface area (Å²) in [6, 6.07) is 28.9. The molecule has 4 aromatic carbocycles. The van der Waals surface area contributed by atoms with Crippen molar-refractivity contribution in [3.63, 3.8) is 0 Å². The van der Waals surface area contributed by atoms with E-state index in [0.717, 1.165) is 17.4 Å². The molecule has 0 spiro atoms. The molecule has 1 unspecified atom stereocenters. The molecule has 1 atom stereocenters. The zero-order valence-electron chi connectivity index (χ0n) is 16.1. The van der Waals surface area contributed by atoms with Gasteiger partial charge in [0.2, 0.25) is 0 Å². The van der Waals surface area contributed by atoms with Gasteiger partial charge in [0.1, 0.15) is 0 Å². The maximum atomic E-state index is 11.7. The van der Waals surface area contributed by atoms with Gasteiger partial charge in [0.15, 0.2) is 0 Å². The van der Waals surface area contributed by atoms with Gasteiger partial charge in [-0.3, -0.25) is 0 Å². The molecule has 0 saturated carbocycles. The fourth-order valence-corrected chi connectivity index (χ4v) is 3.69. The molecule has 0 heterocycles. The normalized spacial score (nSPS) is 11.9. The fraction of sp³-hybridized carbons (Fsp3) is 0.160. The van der Waals surface area contributed by atoms with Crippen molar-refractivity contribution in [2.75, 3.05) is 0 Å². The molecular formula is C25H21NaO2. The van der Waals surface area contributed by atoms with Gasteiger partial charge in [-0.2, -0.15) is 0 Å². The van der Waals surface area contributed by atoms with E-state index in [1.54, 1.807) is 0 Å². The largest absolute Gasteiger partial charge is 1.00 e. The zero-order valence-corrected chi connectivity index (χ0v) is 18.1. The van der Waals surface area contributed by atoms with E-state index in [0.29, 0.717) is 12.8 Å². The Bertz CT molecular complexity index is 1100. The number of hydrogen-bond donors (Lipinski definition) is 0. The predicted molar refractivity (Wildman–Crippen MR) is 108 cm³/mol. The van der Waals surface area contributed by atoms with Gasteiger partial charge in [0.05, 0.1) is 0 Å². The number of hydrogen-bond acceptors (Lipinski definition) is 2. The van der Waals surface area contributed by atoms with E-state index in [9.17, 15) is 9.90 Å². The van der Waals surface area contributed by atoms with Crippen LogP contribution in [0.4, 0.5) is 0 Å². The topological polar surface area (TPSA) is 40.1 Å². The zero-order chi connectivity index (χ0) is 18.6. The summed E-state index contributed by atoms with van der Waals surface area (Å²) in [5, 5.41) is 16.4. The number of fused-ring (bicyclic) bond motifs is 2. The Morgan fingerprint density at radius 1 is 0.714 bits per heavy atom. The summed E-state index contributed by atoms with van der Waals surface area (Å²) in [5.74, 6) is -1.46. The summed E-state index contributed by atoms with van der Waals surface area (Å²) in [6.45, 7) is 0. The first-order chi connectivity index (χ1) is 13.2. The van der Waals surface area contributed by atoms with Gasteiger partial charge >= 0.3 is 29.6 Å². The first kappa shape index (κ1) is 20.6. The summed E-state index contributed by atoms with van der Waals surface area (Å²) in [6.07, 6.45) is 1.81. The van der Waals surface area contributed by atoms with E-state index >= 15 is 0 Å². The first-order valence-corrected chi connectivity index (χ1v) is 9.35. The second-order valence-corrected chi connectivity index (χ2v) is 7.12. The molecule has 0 fully saturated rings. The molecule has 0 amide bonds. The van der Waals surface area contributed by atoms with Crippen LogP contribution in [0.5, 0.6) is 0 Å². The molecule has 4 rings (SSSR count). The van der Waals surface area contributed by atoms with Crippen LogP contribution in [0, 0.1) is 5.92 Å². The van der Waals surface area contributed by atoms with Gasteiger partial charge in [-0.25, -0.2) is 0 Å². The molecule has 0 aliphatic heterocycles. The van der Waals surface area contributed by atoms with Crippen molar-refractivity contribution < 1.29 is 39.5 Å². The number of rotatable bonds is 6. The van der Waals surface area contributed by atoms with Crippen LogP contribution < -0.4 is 34.7 Å². The van der Waals surface area contributed by atoms with Crippen molar-refractivity contribution in [3.05, 3.63) is 96.1 Å². The molecule has 0 aromatic heterocycles. The molecule has 3 heteroatoms. The van der Waals surface area contributed by atoms with E-state index < -0.39 is 11.9 Å². The molecule has 0 radical (unpaired) electrons. The van der Waals surface area contributed by atoms with Crippen molar-refractivity contribution in [2.24, 2.45) is 5.92 Å². The maximum absolute atomic E-state index is 11.7. The molecule has 0 N–H and O–H groups in total. The average Bonchev–Trinajstić information content (AvgIpc) is 2.70. The van der Waals surface area contributed by atoms with Gasteiger partial charge in [-0.05, 0) is 51.9 Å². The van der Waals surface area contributed by atoms with Crippen molar-refractivity contribution in [1.82, 2.24) is 0 Å². The predicted octanol–water partition coefficient (Wildman–Crippen LogP) is 1.54.